The van der Waals surface area contributed by atoms with Crippen LogP contribution in [0.5, 0.6) is 11.6 Å². The van der Waals surface area contributed by atoms with Crippen LogP contribution in [0.25, 0.3) is 11.2 Å². The third-order valence-electron chi connectivity index (χ3n) is 5.11. The summed E-state index contributed by atoms with van der Waals surface area (Å²) in [4.78, 5) is 16.3. The molecule has 2 atom stereocenters. The van der Waals surface area contributed by atoms with Crippen LogP contribution < -0.4 is 9.47 Å². The van der Waals surface area contributed by atoms with Crippen molar-refractivity contribution >= 4 is 51.5 Å². The number of ether oxygens (including phenoxy) is 2. The molecule has 3 aromatic heterocycles. The average molecular weight is 460 g/mol. The Morgan fingerprint density at radius 2 is 1.88 bits per heavy atom. The molecule has 1 aromatic carbocycles. The molecule has 4 rings (SSSR count). The zero-order valence-corrected chi connectivity index (χ0v) is 21.5. The van der Waals surface area contributed by atoms with Gasteiger partial charge in [0.05, 0.1) is 41.5 Å². The molecule has 0 bridgehead atoms. The molecule has 9 heteroatoms. The summed E-state index contributed by atoms with van der Waals surface area (Å²) < 4.78 is 24.1. The predicted octanol–water partition coefficient (Wildman–Crippen LogP) is 3.78. The molecule has 0 aliphatic carbocycles. The first-order valence-corrected chi connectivity index (χ1v) is 11.3. The molecule has 1 radical (unpaired) electrons. The van der Waals surface area contributed by atoms with Gasteiger partial charge in [0, 0.05) is 53.3 Å². The van der Waals surface area contributed by atoms with Gasteiger partial charge >= 0.3 is 0 Å². The summed E-state index contributed by atoms with van der Waals surface area (Å²) in [6.45, 7) is 4.52. The summed E-state index contributed by atoms with van der Waals surface area (Å²) in [5, 5.41) is 0.362. The number of hydrogen-bond acceptors (Lipinski definition) is 6. The normalized spacial score (nSPS) is 12.7. The molecule has 0 aliphatic heterocycles. The summed E-state index contributed by atoms with van der Waals surface area (Å²) in [7, 11) is 0.210. The van der Waals surface area contributed by atoms with Crippen molar-refractivity contribution in [2.75, 3.05) is 13.7 Å². The number of aromatic nitrogens is 4. The van der Waals surface area contributed by atoms with E-state index in [4.69, 9.17) is 9.47 Å². The fourth-order valence-electron chi connectivity index (χ4n) is 3.25. The first kappa shape index (κ1) is 24.4. The Labute approximate surface area is 211 Å². The maximum absolute atomic E-state index is 12.9. The molecule has 0 amide bonds. The summed E-state index contributed by atoms with van der Waals surface area (Å²) in [6, 6.07) is 15.6. The number of pyridine rings is 2. The monoisotopic (exact) mass is 459 g/mol. The molecule has 32 heavy (non-hydrogen) atoms. The number of nitrogens with zero attached hydrogens (tertiary/aromatic N) is 3. The van der Waals surface area contributed by atoms with Crippen molar-refractivity contribution in [1.82, 2.24) is 19.9 Å². The topological polar surface area (TPSA) is 90.0 Å². The van der Waals surface area contributed by atoms with E-state index >= 15 is 0 Å². The third kappa shape index (κ3) is 5.56. The first-order chi connectivity index (χ1) is 15.0. The molecule has 0 fully saturated rings. The van der Waals surface area contributed by atoms with Gasteiger partial charge in [0.25, 0.3) is 0 Å². The Hall–Kier alpha value is -2.26. The van der Waals surface area contributed by atoms with Crippen molar-refractivity contribution in [3.63, 3.8) is 0 Å². The molecule has 161 valence electrons. The third-order valence-corrected chi connectivity index (χ3v) is 6.27. The minimum absolute atomic E-state index is 0. The van der Waals surface area contributed by atoms with Crippen LogP contribution >= 0.6 is 0 Å². The van der Waals surface area contributed by atoms with Gasteiger partial charge < -0.3 is 14.5 Å². The van der Waals surface area contributed by atoms with E-state index < -0.39 is 10.8 Å². The van der Waals surface area contributed by atoms with Crippen LogP contribution in [0, 0.1) is 6.92 Å². The fraction of sp³-hybridized carbons (Fsp3) is 0.261. The van der Waals surface area contributed by atoms with E-state index in [1.54, 1.807) is 25.4 Å². The molecule has 0 spiro atoms. The number of nitrogens with one attached hydrogen (secondary N) is 1. The summed E-state index contributed by atoms with van der Waals surface area (Å²) in [5.41, 5.74) is 3.98. The van der Waals surface area contributed by atoms with E-state index in [-0.39, 0.29) is 41.2 Å². The molecule has 3 heterocycles. The minimum Gasteiger partial charge on any atom is -0.496 e. The standard InChI is InChI=1S/C23H24N4O3S.Na/c1-15(17-7-5-4-6-8-17)13-30-21-10-9-18-22(26-21)27-23(25-18)31(28)14-19-16(2)20(29-3)11-12-24-19;/h4-12,15H,13-14H2,1-3H3,(H,25,26,27);. The second-order valence-corrected chi connectivity index (χ2v) is 8.63. The quantitative estimate of drug-likeness (QED) is 0.404. The van der Waals surface area contributed by atoms with Gasteiger partial charge in [-0.1, -0.05) is 37.3 Å². The van der Waals surface area contributed by atoms with Crippen LogP contribution in [0.15, 0.2) is 59.9 Å². The molecular formula is C23H24N4NaO3S. The van der Waals surface area contributed by atoms with Crippen LogP contribution in [0.3, 0.4) is 0 Å². The van der Waals surface area contributed by atoms with Crippen molar-refractivity contribution in [3.8, 4) is 11.6 Å². The Morgan fingerprint density at radius 3 is 2.62 bits per heavy atom. The largest absolute Gasteiger partial charge is 0.496 e. The van der Waals surface area contributed by atoms with Crippen molar-refractivity contribution in [1.29, 1.82) is 0 Å². The number of hydrogen-bond donors (Lipinski definition) is 1. The number of imidazole rings is 1. The maximum Gasteiger partial charge on any atom is 0.215 e. The Kier molecular flexibility index (Phi) is 8.42. The summed E-state index contributed by atoms with van der Waals surface area (Å²) in [5.74, 6) is 1.68. The molecule has 7 nitrogen and oxygen atoms in total. The first-order valence-electron chi connectivity index (χ1n) is 9.96. The van der Waals surface area contributed by atoms with Gasteiger partial charge in [0.2, 0.25) is 5.88 Å². The smallest absolute Gasteiger partial charge is 0.215 e. The van der Waals surface area contributed by atoms with E-state index in [1.165, 1.54) is 5.56 Å². The van der Waals surface area contributed by atoms with Gasteiger partial charge in [0.1, 0.15) is 5.75 Å². The van der Waals surface area contributed by atoms with Crippen LogP contribution in [0.2, 0.25) is 0 Å². The number of rotatable bonds is 8. The van der Waals surface area contributed by atoms with Gasteiger partial charge in [-0.3, -0.25) is 9.19 Å². The molecule has 0 saturated carbocycles. The molecule has 2 unspecified atom stereocenters. The maximum atomic E-state index is 12.9. The zero-order chi connectivity index (χ0) is 21.8. The van der Waals surface area contributed by atoms with E-state index in [9.17, 15) is 4.21 Å². The molecule has 1 N–H and O–H groups in total. The van der Waals surface area contributed by atoms with E-state index in [0.29, 0.717) is 34.5 Å². The summed E-state index contributed by atoms with van der Waals surface area (Å²) in [6.07, 6.45) is 1.65. The van der Waals surface area contributed by atoms with Gasteiger partial charge in [0.15, 0.2) is 10.8 Å². The zero-order valence-electron chi connectivity index (χ0n) is 18.7. The number of H-pyrrole nitrogens is 1. The van der Waals surface area contributed by atoms with Gasteiger partial charge in [-0.15, -0.1) is 0 Å². The van der Waals surface area contributed by atoms with Crippen molar-refractivity contribution in [2.45, 2.75) is 30.7 Å². The van der Waals surface area contributed by atoms with Crippen LogP contribution in [0.1, 0.15) is 29.7 Å². The number of aromatic amines is 1. The molecule has 4 aromatic rings. The number of methoxy groups -OCH3 is 1. The Balaban J connectivity index is 0.00000289. The van der Waals surface area contributed by atoms with E-state index in [2.05, 4.69) is 39.0 Å². The van der Waals surface area contributed by atoms with Crippen LogP contribution in [-0.4, -0.2) is 67.4 Å². The number of benzene rings is 1. The fourth-order valence-corrected chi connectivity index (χ4v) is 4.34. The number of fused-ring (bicyclic) bond motifs is 1. The second-order valence-electron chi connectivity index (χ2n) is 7.26. The SMILES string of the molecule is COc1ccnc(CS(=O)c2nc3nc(OCC(C)c4ccccc4)ccc3[nH]2)c1C.[Na]. The second kappa shape index (κ2) is 11.0. The van der Waals surface area contributed by atoms with Crippen molar-refractivity contribution < 1.29 is 13.7 Å². The van der Waals surface area contributed by atoms with E-state index in [0.717, 1.165) is 11.3 Å². The average Bonchev–Trinajstić information content (AvgIpc) is 3.23. The molecule has 0 saturated heterocycles. The van der Waals surface area contributed by atoms with E-state index in [1.807, 2.05) is 31.2 Å². The van der Waals surface area contributed by atoms with Crippen LogP contribution in [-0.2, 0) is 16.6 Å². The van der Waals surface area contributed by atoms with Gasteiger partial charge in [-0.2, -0.15) is 4.98 Å². The van der Waals surface area contributed by atoms with Gasteiger partial charge in [-0.05, 0) is 24.6 Å². The molecular weight excluding hydrogens is 435 g/mol. The van der Waals surface area contributed by atoms with Gasteiger partial charge in [-0.25, -0.2) is 4.98 Å². The summed E-state index contributed by atoms with van der Waals surface area (Å²) >= 11 is 0. The van der Waals surface area contributed by atoms with Crippen LogP contribution in [0.4, 0.5) is 0 Å². The Bertz CT molecular complexity index is 1220. The Morgan fingerprint density at radius 1 is 1.09 bits per heavy atom. The predicted molar refractivity (Wildman–Crippen MR) is 126 cm³/mol. The minimum atomic E-state index is -1.40. The molecule has 0 aliphatic rings. The van der Waals surface area contributed by atoms with Crippen molar-refractivity contribution in [2.24, 2.45) is 0 Å². The van der Waals surface area contributed by atoms with Crippen molar-refractivity contribution in [3.05, 3.63) is 71.5 Å².